The molecule has 12 heavy (non-hydrogen) atoms. The minimum atomic E-state index is 0.643. The van der Waals surface area contributed by atoms with Gasteiger partial charge >= 0.3 is 0 Å². The fraction of sp³-hybridized carbons (Fsp3) is 0.900. The quantitative estimate of drug-likeness (QED) is 0.641. The molecular formula is C10H18N2. The molecule has 0 amide bonds. The van der Waals surface area contributed by atoms with E-state index in [1.807, 2.05) is 0 Å². The van der Waals surface area contributed by atoms with E-state index in [1.54, 1.807) is 0 Å². The summed E-state index contributed by atoms with van der Waals surface area (Å²) in [5, 5.41) is 8.54. The fourth-order valence-corrected chi connectivity index (χ4v) is 1.82. The molecule has 0 saturated carbocycles. The molecule has 2 atom stereocenters. The third kappa shape index (κ3) is 2.22. The third-order valence-corrected chi connectivity index (χ3v) is 2.91. The molecule has 0 radical (unpaired) electrons. The molecule has 1 heterocycles. The Hall–Kier alpha value is -0.550. The second-order valence-electron chi connectivity index (χ2n) is 3.77. The van der Waals surface area contributed by atoms with Gasteiger partial charge in [-0.15, -0.1) is 0 Å². The average molecular weight is 166 g/mol. The topological polar surface area (TPSA) is 27.0 Å². The van der Waals surface area contributed by atoms with Crippen LogP contribution in [0.3, 0.4) is 0 Å². The highest BCUT2D eigenvalue weighted by Crippen LogP contribution is 2.21. The summed E-state index contributed by atoms with van der Waals surface area (Å²) in [6.45, 7) is 6.83. The van der Waals surface area contributed by atoms with Crippen LogP contribution in [0.4, 0.5) is 0 Å². The van der Waals surface area contributed by atoms with E-state index in [4.69, 9.17) is 5.26 Å². The maximum Gasteiger partial charge on any atom is 0.0625 e. The monoisotopic (exact) mass is 166 g/mol. The van der Waals surface area contributed by atoms with Gasteiger partial charge in [-0.1, -0.05) is 6.92 Å². The molecule has 68 valence electrons. The summed E-state index contributed by atoms with van der Waals surface area (Å²) >= 11 is 0. The lowest BCUT2D eigenvalue weighted by atomic mass is 10.1. The number of nitriles is 1. The first kappa shape index (κ1) is 9.54. The SMILES string of the molecule is CCC(C)N1CCC(CC#N)C1. The van der Waals surface area contributed by atoms with Crippen LogP contribution >= 0.6 is 0 Å². The number of rotatable bonds is 3. The largest absolute Gasteiger partial charge is 0.300 e. The van der Waals surface area contributed by atoms with Crippen molar-refractivity contribution >= 4 is 0 Å². The molecule has 0 aliphatic carbocycles. The Balaban J connectivity index is 2.31. The zero-order chi connectivity index (χ0) is 8.97. The van der Waals surface area contributed by atoms with Gasteiger partial charge in [0.1, 0.15) is 0 Å². The molecule has 0 aromatic carbocycles. The van der Waals surface area contributed by atoms with Gasteiger partial charge in [0.25, 0.3) is 0 Å². The smallest absolute Gasteiger partial charge is 0.0625 e. The van der Waals surface area contributed by atoms with Crippen LogP contribution in [-0.4, -0.2) is 24.0 Å². The van der Waals surface area contributed by atoms with Gasteiger partial charge in [0.15, 0.2) is 0 Å². The molecule has 2 nitrogen and oxygen atoms in total. The van der Waals surface area contributed by atoms with Gasteiger partial charge in [0.2, 0.25) is 0 Å². The van der Waals surface area contributed by atoms with E-state index >= 15 is 0 Å². The van der Waals surface area contributed by atoms with Crippen LogP contribution < -0.4 is 0 Å². The molecule has 2 heteroatoms. The highest BCUT2D eigenvalue weighted by molar-refractivity contribution is 4.85. The molecule has 0 bridgehead atoms. The van der Waals surface area contributed by atoms with Crippen molar-refractivity contribution in [3.63, 3.8) is 0 Å². The predicted molar refractivity (Wildman–Crippen MR) is 49.7 cm³/mol. The molecule has 1 rings (SSSR count). The summed E-state index contributed by atoms with van der Waals surface area (Å²) in [6, 6.07) is 2.96. The first-order valence-electron chi connectivity index (χ1n) is 4.89. The molecular weight excluding hydrogens is 148 g/mol. The minimum Gasteiger partial charge on any atom is -0.300 e. The van der Waals surface area contributed by atoms with E-state index in [2.05, 4.69) is 24.8 Å². The van der Waals surface area contributed by atoms with Gasteiger partial charge in [-0.05, 0) is 32.2 Å². The maximum absolute atomic E-state index is 8.54. The molecule has 1 fully saturated rings. The lowest BCUT2D eigenvalue weighted by Gasteiger charge is -2.22. The van der Waals surface area contributed by atoms with Crippen molar-refractivity contribution in [3.05, 3.63) is 0 Å². The van der Waals surface area contributed by atoms with E-state index in [0.29, 0.717) is 12.0 Å². The highest BCUT2D eigenvalue weighted by Gasteiger charge is 2.24. The first-order valence-corrected chi connectivity index (χ1v) is 4.89. The Kier molecular flexibility index (Phi) is 3.55. The van der Waals surface area contributed by atoms with Crippen LogP contribution in [0.15, 0.2) is 0 Å². The predicted octanol–water partition coefficient (Wildman–Crippen LogP) is 2.02. The van der Waals surface area contributed by atoms with Crippen LogP contribution in [0.2, 0.25) is 0 Å². The van der Waals surface area contributed by atoms with Crippen molar-refractivity contribution in [2.75, 3.05) is 13.1 Å². The van der Waals surface area contributed by atoms with Crippen LogP contribution in [0.25, 0.3) is 0 Å². The number of hydrogen-bond donors (Lipinski definition) is 0. The Labute approximate surface area is 75.2 Å². The molecule has 0 aromatic rings. The van der Waals surface area contributed by atoms with Gasteiger partial charge in [-0.2, -0.15) is 5.26 Å². The summed E-state index contributed by atoms with van der Waals surface area (Å²) in [7, 11) is 0. The van der Waals surface area contributed by atoms with Gasteiger partial charge in [0.05, 0.1) is 6.07 Å². The van der Waals surface area contributed by atoms with Crippen LogP contribution in [0, 0.1) is 17.2 Å². The standard InChI is InChI=1S/C10H18N2/c1-3-9(2)12-7-5-10(8-12)4-6-11/h9-10H,3-5,7-8H2,1-2H3. The van der Waals surface area contributed by atoms with E-state index in [9.17, 15) is 0 Å². The zero-order valence-corrected chi connectivity index (χ0v) is 8.08. The summed E-state index contributed by atoms with van der Waals surface area (Å²) in [6.07, 6.45) is 3.18. The minimum absolute atomic E-state index is 0.643. The summed E-state index contributed by atoms with van der Waals surface area (Å²) in [4.78, 5) is 2.50. The van der Waals surface area contributed by atoms with Crippen molar-refractivity contribution in [1.29, 1.82) is 5.26 Å². The van der Waals surface area contributed by atoms with E-state index in [1.165, 1.54) is 19.4 Å². The Bertz CT molecular complexity index is 171. The second-order valence-corrected chi connectivity index (χ2v) is 3.77. The van der Waals surface area contributed by atoms with E-state index < -0.39 is 0 Å². The number of likely N-dealkylation sites (tertiary alicyclic amines) is 1. The van der Waals surface area contributed by atoms with Gasteiger partial charge in [0, 0.05) is 19.0 Å². The van der Waals surface area contributed by atoms with E-state index in [0.717, 1.165) is 13.0 Å². The van der Waals surface area contributed by atoms with Crippen LogP contribution in [0.5, 0.6) is 0 Å². The van der Waals surface area contributed by atoms with Gasteiger partial charge in [-0.3, -0.25) is 0 Å². The van der Waals surface area contributed by atoms with Crippen LogP contribution in [0.1, 0.15) is 33.1 Å². The molecule has 1 aliphatic heterocycles. The summed E-state index contributed by atoms with van der Waals surface area (Å²) < 4.78 is 0. The number of hydrogen-bond acceptors (Lipinski definition) is 2. The summed E-state index contributed by atoms with van der Waals surface area (Å²) in [5.41, 5.74) is 0. The van der Waals surface area contributed by atoms with Crippen LogP contribution in [-0.2, 0) is 0 Å². The summed E-state index contributed by atoms with van der Waals surface area (Å²) in [5.74, 6) is 0.643. The molecule has 1 saturated heterocycles. The lowest BCUT2D eigenvalue weighted by Crippen LogP contribution is -2.30. The zero-order valence-electron chi connectivity index (χ0n) is 8.08. The van der Waals surface area contributed by atoms with Crippen molar-refractivity contribution in [2.24, 2.45) is 5.92 Å². The van der Waals surface area contributed by atoms with E-state index in [-0.39, 0.29) is 0 Å². The highest BCUT2D eigenvalue weighted by atomic mass is 15.2. The third-order valence-electron chi connectivity index (χ3n) is 2.91. The average Bonchev–Trinajstić information content (AvgIpc) is 2.52. The lowest BCUT2D eigenvalue weighted by molar-refractivity contribution is 0.244. The van der Waals surface area contributed by atoms with Gasteiger partial charge in [-0.25, -0.2) is 0 Å². The van der Waals surface area contributed by atoms with Crippen molar-refractivity contribution in [2.45, 2.75) is 39.2 Å². The molecule has 0 N–H and O–H groups in total. The molecule has 0 aromatic heterocycles. The normalized spacial score (nSPS) is 26.9. The molecule has 0 spiro atoms. The Morgan fingerprint density at radius 3 is 3.00 bits per heavy atom. The van der Waals surface area contributed by atoms with Gasteiger partial charge < -0.3 is 4.90 Å². The molecule has 1 aliphatic rings. The van der Waals surface area contributed by atoms with Crippen molar-refractivity contribution < 1.29 is 0 Å². The Morgan fingerprint density at radius 2 is 2.42 bits per heavy atom. The fourth-order valence-electron chi connectivity index (χ4n) is 1.82. The number of nitrogens with zero attached hydrogens (tertiary/aromatic N) is 2. The van der Waals surface area contributed by atoms with Crippen molar-refractivity contribution in [1.82, 2.24) is 4.90 Å². The van der Waals surface area contributed by atoms with Crippen molar-refractivity contribution in [3.8, 4) is 6.07 Å². The Morgan fingerprint density at radius 1 is 1.67 bits per heavy atom. The maximum atomic E-state index is 8.54. The molecule has 2 unspecified atom stereocenters. The first-order chi connectivity index (χ1) is 5.77. The second kappa shape index (κ2) is 4.47.